The molecule has 2 heterocycles. The predicted molar refractivity (Wildman–Crippen MR) is 119 cm³/mol. The van der Waals surface area contributed by atoms with E-state index in [1.54, 1.807) is 11.7 Å². The molecule has 0 saturated carbocycles. The van der Waals surface area contributed by atoms with Crippen LogP contribution in [0.25, 0.3) is 0 Å². The summed E-state index contributed by atoms with van der Waals surface area (Å²) in [6.45, 7) is 1.59. The van der Waals surface area contributed by atoms with Gasteiger partial charge in [0.05, 0.1) is 6.67 Å². The van der Waals surface area contributed by atoms with E-state index in [1.807, 2.05) is 67.2 Å². The number of fused-ring (bicyclic) bond motifs is 1. The van der Waals surface area contributed by atoms with Crippen LogP contribution in [0.4, 0.5) is 0 Å². The molecule has 0 spiro atoms. The van der Waals surface area contributed by atoms with Crippen LogP contribution in [-0.2, 0) is 20.3 Å². The smallest absolute Gasteiger partial charge is 0.251 e. The molecule has 1 N–H and O–H groups in total. The van der Waals surface area contributed by atoms with E-state index in [1.165, 1.54) is 0 Å². The van der Waals surface area contributed by atoms with Crippen LogP contribution in [0.2, 0.25) is 0 Å². The minimum atomic E-state index is -0.328. The molecule has 0 bridgehead atoms. The Kier molecular flexibility index (Phi) is 6.06. The highest BCUT2D eigenvalue weighted by Crippen LogP contribution is 2.35. The predicted octanol–water partition coefficient (Wildman–Crippen LogP) is 2.91. The zero-order valence-electron chi connectivity index (χ0n) is 17.7. The van der Waals surface area contributed by atoms with Crippen LogP contribution in [0.1, 0.15) is 27.8 Å². The number of aromatic nitrogens is 3. The molecule has 8 nitrogen and oxygen atoms in total. The van der Waals surface area contributed by atoms with Crippen LogP contribution in [0.15, 0.2) is 48.5 Å². The van der Waals surface area contributed by atoms with Gasteiger partial charge in [-0.1, -0.05) is 24.3 Å². The highest BCUT2D eigenvalue weighted by Gasteiger charge is 2.27. The van der Waals surface area contributed by atoms with Crippen LogP contribution >= 0.6 is 12.2 Å². The molecular formula is C22H25N5O3S. The van der Waals surface area contributed by atoms with Crippen molar-refractivity contribution in [2.75, 3.05) is 20.7 Å². The van der Waals surface area contributed by atoms with Gasteiger partial charge >= 0.3 is 0 Å². The molecule has 0 saturated heterocycles. The molecule has 0 unspecified atom stereocenters. The number of para-hydroxylation sites is 2. The van der Waals surface area contributed by atoms with Crippen molar-refractivity contribution in [1.82, 2.24) is 24.6 Å². The largest absolute Gasteiger partial charge is 0.485 e. The molecule has 0 aliphatic carbocycles. The van der Waals surface area contributed by atoms with Gasteiger partial charge in [-0.15, -0.1) is 0 Å². The quantitative estimate of drug-likeness (QED) is 0.596. The summed E-state index contributed by atoms with van der Waals surface area (Å²) >= 11 is 5.60. The fourth-order valence-corrected chi connectivity index (χ4v) is 3.71. The third-order valence-corrected chi connectivity index (χ3v) is 5.63. The maximum absolute atomic E-state index is 11.7. The Morgan fingerprint density at radius 3 is 2.65 bits per heavy atom. The van der Waals surface area contributed by atoms with Crippen LogP contribution in [0, 0.1) is 4.77 Å². The number of benzene rings is 2. The summed E-state index contributed by atoms with van der Waals surface area (Å²) in [6.07, 6.45) is -0.328. The first kappa shape index (κ1) is 21.1. The SMILES string of the molecule is CNC(=O)c1ccc(CN(C)Cn2nc([C@@H]3COc4ccccc4O3)n(C)c2=S)cc1. The number of hydrogen-bond acceptors (Lipinski definition) is 6. The average molecular weight is 440 g/mol. The van der Waals surface area contributed by atoms with Crippen molar-refractivity contribution in [2.45, 2.75) is 19.3 Å². The molecule has 9 heteroatoms. The van der Waals surface area contributed by atoms with Gasteiger partial charge in [0.25, 0.3) is 5.91 Å². The maximum Gasteiger partial charge on any atom is 0.251 e. The molecule has 162 valence electrons. The van der Waals surface area contributed by atoms with Crippen molar-refractivity contribution in [3.63, 3.8) is 0 Å². The van der Waals surface area contributed by atoms with Gasteiger partial charge in [-0.25, -0.2) is 4.68 Å². The van der Waals surface area contributed by atoms with E-state index in [4.69, 9.17) is 26.8 Å². The van der Waals surface area contributed by atoms with E-state index < -0.39 is 0 Å². The normalized spacial score (nSPS) is 15.2. The molecule has 1 aromatic heterocycles. The Balaban J connectivity index is 1.45. The molecule has 3 aromatic rings. The number of hydrogen-bond donors (Lipinski definition) is 1. The molecule has 0 fully saturated rings. The van der Waals surface area contributed by atoms with E-state index in [2.05, 4.69) is 10.2 Å². The van der Waals surface area contributed by atoms with Crippen LogP contribution in [0.3, 0.4) is 0 Å². The highest BCUT2D eigenvalue weighted by molar-refractivity contribution is 7.71. The van der Waals surface area contributed by atoms with E-state index >= 15 is 0 Å². The first-order chi connectivity index (χ1) is 15.0. The first-order valence-electron chi connectivity index (χ1n) is 9.98. The second-order valence-corrected chi connectivity index (χ2v) is 7.86. The molecule has 4 rings (SSSR count). The van der Waals surface area contributed by atoms with Crippen molar-refractivity contribution < 1.29 is 14.3 Å². The molecule has 2 aromatic carbocycles. The lowest BCUT2D eigenvalue weighted by Gasteiger charge is -2.25. The monoisotopic (exact) mass is 439 g/mol. The summed E-state index contributed by atoms with van der Waals surface area (Å²) in [6, 6.07) is 15.2. The molecule has 1 atom stereocenters. The summed E-state index contributed by atoms with van der Waals surface area (Å²) in [4.78, 5) is 13.8. The summed E-state index contributed by atoms with van der Waals surface area (Å²) in [7, 11) is 5.51. The number of ether oxygens (including phenoxy) is 2. The molecule has 1 aliphatic rings. The topological polar surface area (TPSA) is 73.6 Å². The van der Waals surface area contributed by atoms with Crippen LogP contribution < -0.4 is 14.8 Å². The zero-order valence-corrected chi connectivity index (χ0v) is 18.6. The third kappa shape index (κ3) is 4.47. The van der Waals surface area contributed by atoms with Gasteiger partial charge in [-0.3, -0.25) is 9.69 Å². The van der Waals surface area contributed by atoms with Gasteiger partial charge in [0.15, 0.2) is 28.2 Å². The van der Waals surface area contributed by atoms with Crippen molar-refractivity contribution in [1.29, 1.82) is 0 Å². The molecule has 1 amide bonds. The number of carbonyl (C=O) groups excluding carboxylic acids is 1. The molecule has 0 radical (unpaired) electrons. The summed E-state index contributed by atoms with van der Waals surface area (Å²) in [5, 5.41) is 7.34. The van der Waals surface area contributed by atoms with Crippen molar-refractivity contribution in [3.8, 4) is 11.5 Å². The number of nitrogens with one attached hydrogen (secondary N) is 1. The number of amides is 1. The Labute approximate surface area is 186 Å². The minimum Gasteiger partial charge on any atom is -0.485 e. The Bertz CT molecular complexity index is 1140. The van der Waals surface area contributed by atoms with Gasteiger partial charge in [0.1, 0.15) is 6.61 Å². The molecular weight excluding hydrogens is 414 g/mol. The second kappa shape index (κ2) is 8.91. The summed E-state index contributed by atoms with van der Waals surface area (Å²) in [5.74, 6) is 2.07. The molecule has 1 aliphatic heterocycles. The fraction of sp³-hybridized carbons (Fsp3) is 0.318. The second-order valence-electron chi connectivity index (χ2n) is 7.50. The number of rotatable bonds is 6. The van der Waals surface area contributed by atoms with Gasteiger partial charge < -0.3 is 19.4 Å². The standard InChI is InChI=1S/C22H25N5O3S/c1-23-21(28)16-10-8-15(9-11-16)12-25(2)14-27-22(31)26(3)20(24-27)19-13-29-17-6-4-5-7-18(17)30-19/h4-11,19H,12-14H2,1-3H3,(H,23,28)/t19-/m0/s1. The van der Waals surface area contributed by atoms with E-state index in [-0.39, 0.29) is 12.0 Å². The van der Waals surface area contributed by atoms with Gasteiger partial charge in [-0.05, 0) is 49.1 Å². The summed E-state index contributed by atoms with van der Waals surface area (Å²) in [5.41, 5.74) is 1.74. The fourth-order valence-electron chi connectivity index (χ4n) is 3.52. The van der Waals surface area contributed by atoms with Crippen molar-refractivity contribution in [2.24, 2.45) is 7.05 Å². The number of carbonyl (C=O) groups is 1. The highest BCUT2D eigenvalue weighted by atomic mass is 32.1. The zero-order chi connectivity index (χ0) is 22.0. The van der Waals surface area contributed by atoms with Crippen LogP contribution in [0.5, 0.6) is 11.5 Å². The maximum atomic E-state index is 11.7. The average Bonchev–Trinajstić information content (AvgIpc) is 3.07. The van der Waals surface area contributed by atoms with Gasteiger partial charge in [-0.2, -0.15) is 5.10 Å². The summed E-state index contributed by atoms with van der Waals surface area (Å²) < 4.78 is 16.2. The lowest BCUT2D eigenvalue weighted by Crippen LogP contribution is -2.25. The third-order valence-electron chi connectivity index (χ3n) is 5.14. The Hall–Kier alpha value is -3.17. The van der Waals surface area contributed by atoms with E-state index in [9.17, 15) is 4.79 Å². The van der Waals surface area contributed by atoms with Crippen LogP contribution in [-0.4, -0.2) is 45.9 Å². The van der Waals surface area contributed by atoms with E-state index in [0.717, 1.165) is 17.1 Å². The minimum absolute atomic E-state index is 0.0937. The number of nitrogens with zero attached hydrogens (tertiary/aromatic N) is 4. The Morgan fingerprint density at radius 2 is 1.94 bits per heavy atom. The molecule has 31 heavy (non-hydrogen) atoms. The lowest BCUT2D eigenvalue weighted by atomic mass is 10.1. The lowest BCUT2D eigenvalue weighted by molar-refractivity contribution is 0.0821. The van der Waals surface area contributed by atoms with Crippen molar-refractivity contribution >= 4 is 18.1 Å². The van der Waals surface area contributed by atoms with Gasteiger partial charge in [0, 0.05) is 26.2 Å². The Morgan fingerprint density at radius 1 is 1.23 bits per heavy atom. The van der Waals surface area contributed by atoms with E-state index in [0.29, 0.717) is 35.9 Å². The first-order valence-corrected chi connectivity index (χ1v) is 10.4. The van der Waals surface area contributed by atoms with Gasteiger partial charge in [0.2, 0.25) is 0 Å². The van der Waals surface area contributed by atoms with Crippen molar-refractivity contribution in [3.05, 3.63) is 70.3 Å².